The zero-order valence-corrected chi connectivity index (χ0v) is 8.71. The summed E-state index contributed by atoms with van der Waals surface area (Å²) < 4.78 is 0.464. The number of thiophene rings is 1. The second-order valence-corrected chi connectivity index (χ2v) is 4.78. The second kappa shape index (κ2) is 3.46. The summed E-state index contributed by atoms with van der Waals surface area (Å²) in [6.45, 7) is 0. The average molecular weight is 227 g/mol. The van der Waals surface area contributed by atoms with Crippen molar-refractivity contribution in [2.24, 2.45) is 0 Å². The third kappa shape index (κ3) is 1.59. The summed E-state index contributed by atoms with van der Waals surface area (Å²) in [7, 11) is 0. The standard InChI is InChI=1S/C8H3ClN2S2/c9-7-5(4-10)11-8(13-7)6-2-1-3-12-6/h1-3H. The van der Waals surface area contributed by atoms with Gasteiger partial charge in [0.05, 0.1) is 4.88 Å². The van der Waals surface area contributed by atoms with Crippen LogP contribution in [-0.2, 0) is 0 Å². The first kappa shape index (κ1) is 8.70. The zero-order valence-electron chi connectivity index (χ0n) is 6.32. The highest BCUT2D eigenvalue weighted by Crippen LogP contribution is 2.33. The summed E-state index contributed by atoms with van der Waals surface area (Å²) in [5.74, 6) is 0. The van der Waals surface area contributed by atoms with Crippen LogP contribution in [0.3, 0.4) is 0 Å². The van der Waals surface area contributed by atoms with Gasteiger partial charge in [0.15, 0.2) is 5.69 Å². The van der Waals surface area contributed by atoms with Crippen molar-refractivity contribution in [2.45, 2.75) is 0 Å². The van der Waals surface area contributed by atoms with Crippen LogP contribution in [0.15, 0.2) is 17.5 Å². The molecule has 0 unspecified atom stereocenters. The van der Waals surface area contributed by atoms with Gasteiger partial charge < -0.3 is 0 Å². The van der Waals surface area contributed by atoms with Crippen molar-refractivity contribution < 1.29 is 0 Å². The molecule has 2 nitrogen and oxygen atoms in total. The number of halogens is 1. The number of hydrogen-bond donors (Lipinski definition) is 0. The van der Waals surface area contributed by atoms with Crippen LogP contribution in [0.2, 0.25) is 4.34 Å². The lowest BCUT2D eigenvalue weighted by Crippen LogP contribution is -1.73. The van der Waals surface area contributed by atoms with E-state index in [1.165, 1.54) is 11.3 Å². The SMILES string of the molecule is N#Cc1nc(-c2cccs2)sc1Cl. The smallest absolute Gasteiger partial charge is 0.170 e. The Labute approximate surface area is 88.0 Å². The predicted molar refractivity (Wildman–Crippen MR) is 55.2 cm³/mol. The van der Waals surface area contributed by atoms with Crippen LogP contribution in [0, 0.1) is 11.3 Å². The van der Waals surface area contributed by atoms with Gasteiger partial charge in [-0.15, -0.1) is 11.3 Å². The van der Waals surface area contributed by atoms with Crippen LogP contribution in [-0.4, -0.2) is 4.98 Å². The summed E-state index contributed by atoms with van der Waals surface area (Å²) in [5, 5.41) is 11.4. The summed E-state index contributed by atoms with van der Waals surface area (Å²) in [6.07, 6.45) is 0. The first-order chi connectivity index (χ1) is 6.31. The molecule has 0 fully saturated rings. The van der Waals surface area contributed by atoms with Crippen molar-refractivity contribution in [3.8, 4) is 16.0 Å². The van der Waals surface area contributed by atoms with Gasteiger partial charge in [0, 0.05) is 0 Å². The van der Waals surface area contributed by atoms with Gasteiger partial charge in [-0.1, -0.05) is 29.0 Å². The maximum absolute atomic E-state index is 8.64. The summed E-state index contributed by atoms with van der Waals surface area (Å²) >= 11 is 8.73. The Balaban J connectivity index is 2.50. The second-order valence-electron chi connectivity index (χ2n) is 2.23. The number of nitriles is 1. The molecule has 0 bridgehead atoms. The maximum atomic E-state index is 8.64. The highest BCUT2D eigenvalue weighted by molar-refractivity contribution is 7.23. The molecule has 0 spiro atoms. The Kier molecular flexibility index (Phi) is 2.32. The Bertz CT molecular complexity index is 453. The minimum Gasteiger partial charge on any atom is -0.223 e. The van der Waals surface area contributed by atoms with Crippen LogP contribution in [0.25, 0.3) is 9.88 Å². The molecule has 0 aliphatic rings. The third-order valence-corrected chi connectivity index (χ3v) is 3.72. The lowest BCUT2D eigenvalue weighted by Gasteiger charge is -1.83. The Morgan fingerprint density at radius 3 is 2.92 bits per heavy atom. The molecule has 0 N–H and O–H groups in total. The predicted octanol–water partition coefficient (Wildman–Crippen LogP) is 3.40. The largest absolute Gasteiger partial charge is 0.223 e. The molecule has 0 saturated heterocycles. The van der Waals surface area contributed by atoms with Crippen molar-refractivity contribution in [2.75, 3.05) is 0 Å². The topological polar surface area (TPSA) is 36.7 Å². The van der Waals surface area contributed by atoms with E-state index in [4.69, 9.17) is 16.9 Å². The van der Waals surface area contributed by atoms with E-state index < -0.39 is 0 Å². The molecule has 2 aromatic rings. The molecule has 5 heteroatoms. The molecule has 0 aliphatic carbocycles. The molecule has 0 aliphatic heterocycles. The molecule has 2 aromatic heterocycles. The van der Waals surface area contributed by atoms with Gasteiger partial charge in [0.25, 0.3) is 0 Å². The van der Waals surface area contributed by atoms with Crippen LogP contribution in [0.1, 0.15) is 5.69 Å². The van der Waals surface area contributed by atoms with Gasteiger partial charge >= 0.3 is 0 Å². The normalized spacial score (nSPS) is 9.85. The quantitative estimate of drug-likeness (QED) is 0.747. The highest BCUT2D eigenvalue weighted by Gasteiger charge is 2.10. The number of hydrogen-bond acceptors (Lipinski definition) is 4. The Hall–Kier alpha value is -0.890. The third-order valence-electron chi connectivity index (χ3n) is 1.42. The first-order valence-electron chi connectivity index (χ1n) is 3.41. The molecule has 2 rings (SSSR count). The Morgan fingerprint density at radius 1 is 1.54 bits per heavy atom. The van der Waals surface area contributed by atoms with Crippen molar-refractivity contribution >= 4 is 34.3 Å². The van der Waals surface area contributed by atoms with E-state index in [0.717, 1.165) is 9.88 Å². The summed E-state index contributed by atoms with van der Waals surface area (Å²) in [4.78, 5) is 5.16. The summed E-state index contributed by atoms with van der Waals surface area (Å²) in [5.41, 5.74) is 0.315. The van der Waals surface area contributed by atoms with E-state index in [9.17, 15) is 0 Å². The minimum atomic E-state index is 0.315. The Morgan fingerprint density at radius 2 is 2.38 bits per heavy atom. The molecule has 13 heavy (non-hydrogen) atoms. The molecule has 0 radical (unpaired) electrons. The molecule has 0 amide bonds. The molecular formula is C8H3ClN2S2. The molecular weight excluding hydrogens is 224 g/mol. The fraction of sp³-hybridized carbons (Fsp3) is 0. The van der Waals surface area contributed by atoms with Gasteiger partial charge in [-0.2, -0.15) is 5.26 Å². The van der Waals surface area contributed by atoms with Gasteiger partial charge in [-0.25, -0.2) is 4.98 Å². The van der Waals surface area contributed by atoms with Gasteiger partial charge in [0.1, 0.15) is 15.4 Å². The van der Waals surface area contributed by atoms with E-state index in [-0.39, 0.29) is 0 Å². The number of thiazole rings is 1. The van der Waals surface area contributed by atoms with Gasteiger partial charge in [0.2, 0.25) is 0 Å². The van der Waals surface area contributed by atoms with Crippen molar-refractivity contribution in [3.05, 3.63) is 27.5 Å². The highest BCUT2D eigenvalue weighted by atomic mass is 35.5. The average Bonchev–Trinajstić information content (AvgIpc) is 2.71. The van der Waals surface area contributed by atoms with Crippen LogP contribution >= 0.6 is 34.3 Å². The lowest BCUT2D eigenvalue weighted by atomic mass is 10.5. The molecule has 64 valence electrons. The van der Waals surface area contributed by atoms with E-state index in [0.29, 0.717) is 10.0 Å². The van der Waals surface area contributed by atoms with E-state index in [2.05, 4.69) is 4.98 Å². The molecule has 0 saturated carbocycles. The van der Waals surface area contributed by atoms with E-state index in [1.807, 2.05) is 23.6 Å². The van der Waals surface area contributed by atoms with Crippen molar-refractivity contribution in [3.63, 3.8) is 0 Å². The van der Waals surface area contributed by atoms with Crippen LogP contribution in [0.4, 0.5) is 0 Å². The van der Waals surface area contributed by atoms with Crippen molar-refractivity contribution in [1.29, 1.82) is 5.26 Å². The van der Waals surface area contributed by atoms with Gasteiger partial charge in [-0.05, 0) is 11.4 Å². The van der Waals surface area contributed by atoms with Crippen LogP contribution < -0.4 is 0 Å². The molecule has 2 heterocycles. The molecule has 0 atom stereocenters. The number of rotatable bonds is 1. The van der Waals surface area contributed by atoms with E-state index in [1.54, 1.807) is 11.3 Å². The fourth-order valence-corrected chi connectivity index (χ4v) is 2.72. The fourth-order valence-electron chi connectivity index (χ4n) is 0.876. The zero-order chi connectivity index (χ0) is 9.26. The van der Waals surface area contributed by atoms with Crippen LogP contribution in [0.5, 0.6) is 0 Å². The van der Waals surface area contributed by atoms with Crippen molar-refractivity contribution in [1.82, 2.24) is 4.98 Å². The summed E-state index contributed by atoms with van der Waals surface area (Å²) in [6, 6.07) is 5.85. The minimum absolute atomic E-state index is 0.315. The lowest BCUT2D eigenvalue weighted by molar-refractivity contribution is 1.34. The van der Waals surface area contributed by atoms with E-state index >= 15 is 0 Å². The number of nitrogens with zero attached hydrogens (tertiary/aromatic N) is 2. The van der Waals surface area contributed by atoms with Gasteiger partial charge in [-0.3, -0.25) is 0 Å². The maximum Gasteiger partial charge on any atom is 0.170 e. The monoisotopic (exact) mass is 226 g/mol. The molecule has 0 aromatic carbocycles. The first-order valence-corrected chi connectivity index (χ1v) is 5.49. The number of aromatic nitrogens is 1.